The van der Waals surface area contributed by atoms with Gasteiger partial charge in [-0.2, -0.15) is 10.4 Å². The van der Waals surface area contributed by atoms with Crippen LogP contribution in [-0.2, 0) is 21.9 Å². The normalized spacial score (nSPS) is 12.4. The summed E-state index contributed by atoms with van der Waals surface area (Å²) in [6.45, 7) is 10.3. The van der Waals surface area contributed by atoms with Crippen molar-refractivity contribution in [2.75, 3.05) is 6.61 Å². The Hall–Kier alpha value is -2.49. The molecular formula is C22H25Cl2N3O3. The van der Waals surface area contributed by atoms with E-state index in [9.17, 15) is 10.1 Å². The Morgan fingerprint density at radius 3 is 2.27 bits per heavy atom. The summed E-state index contributed by atoms with van der Waals surface area (Å²) in [5.41, 5.74) is 1.84. The number of hydrogen-bond acceptors (Lipinski definition) is 5. The summed E-state index contributed by atoms with van der Waals surface area (Å²) >= 11 is 12.6. The Labute approximate surface area is 187 Å². The lowest BCUT2D eigenvalue weighted by Crippen LogP contribution is -2.12. The molecule has 0 aliphatic rings. The predicted molar refractivity (Wildman–Crippen MR) is 118 cm³/mol. The highest BCUT2D eigenvalue weighted by Gasteiger charge is 2.26. The number of carbonyl (C=O) groups is 1. The number of nitriles is 1. The van der Waals surface area contributed by atoms with E-state index in [4.69, 9.17) is 32.7 Å². The maximum Gasteiger partial charge on any atom is 0.513 e. The summed E-state index contributed by atoms with van der Waals surface area (Å²) in [6.07, 6.45) is -0.950. The van der Waals surface area contributed by atoms with Crippen molar-refractivity contribution < 1.29 is 14.3 Å². The van der Waals surface area contributed by atoms with Crippen molar-refractivity contribution in [3.63, 3.8) is 0 Å². The molecule has 0 aliphatic heterocycles. The van der Waals surface area contributed by atoms with E-state index in [2.05, 4.69) is 31.9 Å². The first kappa shape index (κ1) is 23.8. The summed E-state index contributed by atoms with van der Waals surface area (Å²) in [7, 11) is 1.59. The summed E-state index contributed by atoms with van der Waals surface area (Å²) in [5, 5.41) is 14.1. The van der Waals surface area contributed by atoms with Gasteiger partial charge in [0.05, 0.1) is 12.2 Å². The summed E-state index contributed by atoms with van der Waals surface area (Å²) in [4.78, 5) is 12.3. The molecule has 0 unspecified atom stereocenters. The third kappa shape index (κ3) is 5.56. The summed E-state index contributed by atoms with van der Waals surface area (Å²) < 4.78 is 11.9. The minimum absolute atomic E-state index is 0.00761. The molecule has 2 aromatic rings. The highest BCUT2D eigenvalue weighted by molar-refractivity contribution is 6.37. The predicted octanol–water partition coefficient (Wildman–Crippen LogP) is 6.23. The van der Waals surface area contributed by atoms with Crippen molar-refractivity contribution in [2.24, 2.45) is 13.0 Å². The van der Waals surface area contributed by atoms with Gasteiger partial charge in [0.2, 0.25) is 0 Å². The summed E-state index contributed by atoms with van der Waals surface area (Å²) in [5.74, 6) is 0.0220. The number of hydrogen-bond donors (Lipinski definition) is 0. The Bertz CT molecular complexity index is 994. The minimum atomic E-state index is -0.950. The maximum absolute atomic E-state index is 12.3. The highest BCUT2D eigenvalue weighted by Crippen LogP contribution is 2.36. The molecule has 0 aliphatic carbocycles. The molecule has 0 spiro atoms. The van der Waals surface area contributed by atoms with Gasteiger partial charge in [0.1, 0.15) is 16.8 Å². The molecule has 0 fully saturated rings. The van der Waals surface area contributed by atoms with E-state index in [1.807, 2.05) is 26.0 Å². The first-order valence-corrected chi connectivity index (χ1v) is 10.2. The number of rotatable bonds is 5. The van der Waals surface area contributed by atoms with E-state index in [0.717, 1.165) is 5.56 Å². The van der Waals surface area contributed by atoms with E-state index in [1.54, 1.807) is 19.2 Å². The van der Waals surface area contributed by atoms with Gasteiger partial charge >= 0.3 is 6.16 Å². The fraction of sp³-hybridized carbons (Fsp3) is 0.409. The van der Waals surface area contributed by atoms with Crippen LogP contribution in [0.1, 0.15) is 51.3 Å². The molecule has 0 saturated heterocycles. The second-order valence-electron chi connectivity index (χ2n) is 8.28. The van der Waals surface area contributed by atoms with Gasteiger partial charge in [0.15, 0.2) is 10.9 Å². The van der Waals surface area contributed by atoms with Gasteiger partial charge in [-0.3, -0.25) is 4.68 Å². The van der Waals surface area contributed by atoms with Crippen molar-refractivity contribution in [3.05, 3.63) is 51.3 Å². The molecule has 1 heterocycles. The number of halogens is 2. The number of carbonyl (C=O) groups excluding carboxylic acids is 1. The van der Waals surface area contributed by atoms with Gasteiger partial charge in [0.25, 0.3) is 0 Å². The van der Waals surface area contributed by atoms with E-state index >= 15 is 0 Å². The molecule has 0 amide bonds. The van der Waals surface area contributed by atoms with Gasteiger partial charge in [0, 0.05) is 7.05 Å². The lowest BCUT2D eigenvalue weighted by Gasteiger charge is -2.19. The van der Waals surface area contributed by atoms with Gasteiger partial charge in [-0.15, -0.1) is 0 Å². The van der Waals surface area contributed by atoms with Crippen molar-refractivity contribution in [1.29, 1.82) is 5.26 Å². The van der Waals surface area contributed by atoms with Gasteiger partial charge in [-0.1, -0.05) is 82.1 Å². The molecule has 0 bridgehead atoms. The Kier molecular flexibility index (Phi) is 7.57. The molecule has 1 aromatic heterocycles. The lowest BCUT2D eigenvalue weighted by atomic mass is 9.86. The third-order valence-electron chi connectivity index (χ3n) is 4.26. The number of allylic oxidation sites excluding steroid dienone is 1. The molecular weight excluding hydrogens is 425 g/mol. The number of ether oxygens (including phenoxy) is 2. The van der Waals surface area contributed by atoms with E-state index in [-0.39, 0.29) is 45.1 Å². The maximum atomic E-state index is 12.3. The largest absolute Gasteiger partial charge is 0.513 e. The smallest absolute Gasteiger partial charge is 0.434 e. The van der Waals surface area contributed by atoms with Crippen LogP contribution in [0.25, 0.3) is 11.3 Å². The van der Waals surface area contributed by atoms with Crippen molar-refractivity contribution in [1.82, 2.24) is 9.78 Å². The molecule has 160 valence electrons. The second-order valence-corrected chi connectivity index (χ2v) is 9.00. The van der Waals surface area contributed by atoms with Gasteiger partial charge < -0.3 is 9.47 Å². The van der Waals surface area contributed by atoms with Crippen LogP contribution < -0.4 is 0 Å². The van der Waals surface area contributed by atoms with Crippen LogP contribution in [0.15, 0.2) is 24.3 Å². The fourth-order valence-electron chi connectivity index (χ4n) is 2.62. The van der Waals surface area contributed by atoms with Crippen LogP contribution in [-0.4, -0.2) is 22.5 Å². The molecule has 8 heteroatoms. The molecule has 0 N–H and O–H groups in total. The average molecular weight is 450 g/mol. The number of aryl methyl sites for hydroxylation is 1. The average Bonchev–Trinajstić information content (AvgIpc) is 2.91. The number of aromatic nitrogens is 2. The zero-order valence-corrected chi connectivity index (χ0v) is 19.4. The van der Waals surface area contributed by atoms with Crippen molar-refractivity contribution in [2.45, 2.75) is 40.0 Å². The molecule has 2 rings (SSSR count). The minimum Gasteiger partial charge on any atom is -0.434 e. The Morgan fingerprint density at radius 2 is 1.83 bits per heavy atom. The first-order valence-electron chi connectivity index (χ1n) is 9.44. The molecule has 0 radical (unpaired) electrons. The van der Waals surface area contributed by atoms with Crippen molar-refractivity contribution in [3.8, 4) is 6.07 Å². The second kappa shape index (κ2) is 9.55. The Balaban J connectivity index is 2.61. The summed E-state index contributed by atoms with van der Waals surface area (Å²) in [6, 6.07) is 9.53. The molecule has 30 heavy (non-hydrogen) atoms. The lowest BCUT2D eigenvalue weighted by molar-refractivity contribution is 0.0807. The number of benzene rings is 1. The van der Waals surface area contributed by atoms with Gasteiger partial charge in [-0.25, -0.2) is 4.79 Å². The van der Waals surface area contributed by atoms with E-state index in [0.29, 0.717) is 5.56 Å². The molecule has 6 nitrogen and oxygen atoms in total. The molecule has 0 saturated carbocycles. The molecule has 1 aromatic carbocycles. The van der Waals surface area contributed by atoms with Gasteiger partial charge in [-0.05, 0) is 22.5 Å². The van der Waals surface area contributed by atoms with Crippen LogP contribution in [0, 0.1) is 17.2 Å². The van der Waals surface area contributed by atoms with Crippen LogP contribution >= 0.6 is 23.2 Å². The standard InChI is InChI=1S/C22H25Cl2N3O3/c1-13(2)12-29-21(28)30-18(17-19(23)26-27(6)20(17)24)16(11-25)14-7-9-15(10-8-14)22(3,4)5/h7-10,13H,12H2,1-6H3. The topological polar surface area (TPSA) is 77.1 Å². The quantitative estimate of drug-likeness (QED) is 0.307. The monoisotopic (exact) mass is 449 g/mol. The van der Waals surface area contributed by atoms with Crippen molar-refractivity contribution >= 4 is 40.7 Å². The van der Waals surface area contributed by atoms with Crippen LogP contribution in [0.2, 0.25) is 10.3 Å². The van der Waals surface area contributed by atoms with Crippen LogP contribution in [0.5, 0.6) is 0 Å². The van der Waals surface area contributed by atoms with Crippen LogP contribution in [0.4, 0.5) is 4.79 Å². The van der Waals surface area contributed by atoms with E-state index in [1.165, 1.54) is 4.68 Å². The zero-order valence-electron chi connectivity index (χ0n) is 17.9. The third-order valence-corrected chi connectivity index (χ3v) is 4.96. The van der Waals surface area contributed by atoms with Crippen LogP contribution in [0.3, 0.4) is 0 Å². The molecule has 0 atom stereocenters. The fourth-order valence-corrected chi connectivity index (χ4v) is 3.17. The first-order chi connectivity index (χ1) is 14.0. The highest BCUT2D eigenvalue weighted by atomic mass is 35.5. The SMILES string of the molecule is CC(C)COC(=O)OC(=C(C#N)c1ccc(C(C)(C)C)cc1)c1c(Cl)nn(C)c1Cl. The zero-order chi connectivity index (χ0) is 22.6. The van der Waals surface area contributed by atoms with E-state index < -0.39 is 6.16 Å². The Morgan fingerprint density at radius 1 is 1.23 bits per heavy atom. The number of nitrogens with zero attached hydrogens (tertiary/aromatic N) is 3.